The van der Waals surface area contributed by atoms with Gasteiger partial charge in [0.2, 0.25) is 5.91 Å². The number of rotatable bonds is 8. The molecule has 3 aromatic rings. The molecule has 1 aliphatic rings. The Morgan fingerprint density at radius 2 is 1.85 bits per heavy atom. The second-order valence-electron chi connectivity index (χ2n) is 8.04. The topological polar surface area (TPSA) is 83.9 Å². The van der Waals surface area contributed by atoms with E-state index in [1.54, 1.807) is 24.5 Å². The van der Waals surface area contributed by atoms with E-state index in [0.29, 0.717) is 12.3 Å². The summed E-state index contributed by atoms with van der Waals surface area (Å²) in [5.74, 6) is -0.117. The maximum absolute atomic E-state index is 13.1. The Balaban J connectivity index is 1.34. The molecule has 0 saturated heterocycles. The molecule has 1 N–H and O–H groups in total. The lowest BCUT2D eigenvalue weighted by Crippen LogP contribution is -2.39. The number of aromatic nitrogens is 1. The van der Waals surface area contributed by atoms with E-state index in [9.17, 15) is 14.0 Å². The number of halogens is 1. The summed E-state index contributed by atoms with van der Waals surface area (Å²) in [6.07, 6.45) is 3.95. The van der Waals surface area contributed by atoms with E-state index in [4.69, 9.17) is 4.74 Å². The molecule has 2 heterocycles. The molecular formula is C26H25FN4O3. The molecule has 2 amide bonds. The van der Waals surface area contributed by atoms with Gasteiger partial charge >= 0.3 is 0 Å². The van der Waals surface area contributed by atoms with Gasteiger partial charge in [-0.05, 0) is 48.4 Å². The van der Waals surface area contributed by atoms with Crippen molar-refractivity contribution >= 4 is 17.5 Å². The quantitative estimate of drug-likeness (QED) is 0.547. The van der Waals surface area contributed by atoms with Crippen molar-refractivity contribution in [2.45, 2.75) is 39.0 Å². The lowest BCUT2D eigenvalue weighted by Gasteiger charge is -2.24. The van der Waals surface area contributed by atoms with Crippen LogP contribution in [0.15, 0.2) is 78.2 Å². The van der Waals surface area contributed by atoms with Gasteiger partial charge in [-0.2, -0.15) is 5.10 Å². The van der Waals surface area contributed by atoms with Crippen molar-refractivity contribution in [2.75, 3.05) is 0 Å². The first kappa shape index (κ1) is 23.1. The number of nitrogens with zero attached hydrogens (tertiary/aromatic N) is 3. The Hall–Kier alpha value is -4.07. The van der Waals surface area contributed by atoms with Gasteiger partial charge < -0.3 is 10.1 Å². The number of carbonyl (C=O) groups excluding carboxylic acids is 2. The standard InChI is InChI=1S/C26H25FN4O3/c1-18(21-6-10-23(11-7-21)34-17-20-3-2-14-28-15-20)29-26(33)24-12-13-25(32)31(30-24)16-19-4-8-22(27)9-5-19/h2-11,14-15,18H,12-13,16-17H2,1H3,(H,29,33). The summed E-state index contributed by atoms with van der Waals surface area (Å²) in [7, 11) is 0. The van der Waals surface area contributed by atoms with E-state index < -0.39 is 0 Å². The van der Waals surface area contributed by atoms with Crippen molar-refractivity contribution in [1.29, 1.82) is 0 Å². The SMILES string of the molecule is CC(NC(=O)C1=NN(Cc2ccc(F)cc2)C(=O)CC1)c1ccc(OCc2cccnc2)cc1. The van der Waals surface area contributed by atoms with Crippen molar-refractivity contribution in [3.05, 3.63) is 95.6 Å². The molecule has 1 aromatic heterocycles. The number of benzene rings is 2. The highest BCUT2D eigenvalue weighted by molar-refractivity contribution is 6.39. The maximum atomic E-state index is 13.1. The first-order valence-corrected chi connectivity index (χ1v) is 11.0. The molecule has 0 aliphatic carbocycles. The molecule has 34 heavy (non-hydrogen) atoms. The van der Waals surface area contributed by atoms with Gasteiger partial charge in [-0.1, -0.05) is 30.3 Å². The first-order chi connectivity index (χ1) is 16.5. The van der Waals surface area contributed by atoms with E-state index in [-0.39, 0.29) is 43.1 Å². The Kier molecular flexibility index (Phi) is 7.27. The van der Waals surface area contributed by atoms with E-state index in [1.165, 1.54) is 17.1 Å². The Morgan fingerprint density at radius 3 is 2.56 bits per heavy atom. The largest absolute Gasteiger partial charge is 0.489 e. The lowest BCUT2D eigenvalue weighted by atomic mass is 10.1. The Morgan fingerprint density at radius 1 is 1.09 bits per heavy atom. The van der Waals surface area contributed by atoms with Gasteiger partial charge in [0.1, 0.15) is 23.9 Å². The normalized spacial score (nSPS) is 14.4. The highest BCUT2D eigenvalue weighted by atomic mass is 19.1. The zero-order chi connectivity index (χ0) is 23.9. The molecule has 1 unspecified atom stereocenters. The number of hydrogen-bond donors (Lipinski definition) is 1. The second-order valence-corrected chi connectivity index (χ2v) is 8.04. The van der Waals surface area contributed by atoms with Crippen LogP contribution in [0, 0.1) is 5.82 Å². The molecule has 0 fully saturated rings. The third-order valence-corrected chi connectivity index (χ3v) is 5.47. The van der Waals surface area contributed by atoms with Crippen LogP contribution in [0.25, 0.3) is 0 Å². The van der Waals surface area contributed by atoms with E-state index in [2.05, 4.69) is 15.4 Å². The average Bonchev–Trinajstić information content (AvgIpc) is 2.86. The minimum atomic E-state index is -0.348. The predicted octanol–water partition coefficient (Wildman–Crippen LogP) is 4.16. The molecule has 1 atom stereocenters. The average molecular weight is 461 g/mol. The van der Waals surface area contributed by atoms with E-state index in [0.717, 1.165) is 22.4 Å². The molecule has 4 rings (SSSR count). The fourth-order valence-electron chi connectivity index (χ4n) is 3.52. The summed E-state index contributed by atoms with van der Waals surface area (Å²) in [6, 6.07) is 16.9. The van der Waals surface area contributed by atoms with Crippen LogP contribution in [0.3, 0.4) is 0 Å². The van der Waals surface area contributed by atoms with Gasteiger partial charge in [-0.25, -0.2) is 9.40 Å². The molecule has 0 radical (unpaired) electrons. The fourth-order valence-corrected chi connectivity index (χ4v) is 3.52. The van der Waals surface area contributed by atoms with Crippen LogP contribution in [0.4, 0.5) is 4.39 Å². The van der Waals surface area contributed by atoms with Crippen LogP contribution in [0.5, 0.6) is 5.75 Å². The van der Waals surface area contributed by atoms with Crippen LogP contribution >= 0.6 is 0 Å². The molecule has 0 saturated carbocycles. The smallest absolute Gasteiger partial charge is 0.267 e. The van der Waals surface area contributed by atoms with Crippen LogP contribution in [-0.4, -0.2) is 27.5 Å². The van der Waals surface area contributed by atoms with Gasteiger partial charge in [0.05, 0.1) is 12.6 Å². The van der Waals surface area contributed by atoms with Crippen LogP contribution in [-0.2, 0) is 22.7 Å². The van der Waals surface area contributed by atoms with Crippen LogP contribution < -0.4 is 10.1 Å². The Labute approximate surface area is 197 Å². The highest BCUT2D eigenvalue weighted by Crippen LogP contribution is 2.20. The predicted molar refractivity (Wildman–Crippen MR) is 125 cm³/mol. The number of pyridine rings is 1. The number of hydrogen-bond acceptors (Lipinski definition) is 5. The lowest BCUT2D eigenvalue weighted by molar-refractivity contribution is -0.132. The Bertz CT molecular complexity index is 1160. The third-order valence-electron chi connectivity index (χ3n) is 5.47. The number of amides is 2. The molecule has 0 spiro atoms. The van der Waals surface area contributed by atoms with Gasteiger partial charge in [0.25, 0.3) is 5.91 Å². The minimum Gasteiger partial charge on any atom is -0.489 e. The molecule has 174 valence electrons. The first-order valence-electron chi connectivity index (χ1n) is 11.0. The summed E-state index contributed by atoms with van der Waals surface area (Å²) in [4.78, 5) is 29.1. The number of ether oxygens (including phenoxy) is 1. The number of carbonyl (C=O) groups is 2. The maximum Gasteiger partial charge on any atom is 0.267 e. The number of hydrazone groups is 1. The molecular weight excluding hydrogens is 435 g/mol. The molecule has 2 aromatic carbocycles. The van der Waals surface area contributed by atoms with Crippen LogP contribution in [0.1, 0.15) is 42.5 Å². The number of nitrogens with one attached hydrogen (secondary N) is 1. The van der Waals surface area contributed by atoms with Crippen molar-refractivity contribution in [1.82, 2.24) is 15.3 Å². The zero-order valence-corrected chi connectivity index (χ0v) is 18.8. The minimum absolute atomic E-state index is 0.171. The monoisotopic (exact) mass is 460 g/mol. The van der Waals surface area contributed by atoms with Gasteiger partial charge in [0, 0.05) is 30.8 Å². The van der Waals surface area contributed by atoms with Crippen molar-refractivity contribution < 1.29 is 18.7 Å². The summed E-state index contributed by atoms with van der Waals surface area (Å²) < 4.78 is 18.9. The fraction of sp³-hybridized carbons (Fsp3) is 0.231. The summed E-state index contributed by atoms with van der Waals surface area (Å²) in [6.45, 7) is 2.49. The molecule has 0 bridgehead atoms. The highest BCUT2D eigenvalue weighted by Gasteiger charge is 2.25. The van der Waals surface area contributed by atoms with Gasteiger partial charge in [-0.3, -0.25) is 14.6 Å². The summed E-state index contributed by atoms with van der Waals surface area (Å²) in [5, 5.41) is 8.48. The van der Waals surface area contributed by atoms with E-state index in [1.807, 2.05) is 43.3 Å². The molecule has 7 nitrogen and oxygen atoms in total. The second kappa shape index (κ2) is 10.7. The van der Waals surface area contributed by atoms with Crippen LogP contribution in [0.2, 0.25) is 0 Å². The van der Waals surface area contributed by atoms with Gasteiger partial charge in [-0.15, -0.1) is 0 Å². The molecule has 8 heteroatoms. The summed E-state index contributed by atoms with van der Waals surface area (Å²) in [5.41, 5.74) is 2.93. The van der Waals surface area contributed by atoms with E-state index >= 15 is 0 Å². The zero-order valence-electron chi connectivity index (χ0n) is 18.8. The summed E-state index contributed by atoms with van der Waals surface area (Å²) >= 11 is 0. The molecule has 1 aliphatic heterocycles. The van der Waals surface area contributed by atoms with Crippen molar-refractivity contribution in [2.24, 2.45) is 5.10 Å². The third kappa shape index (κ3) is 6.04. The van der Waals surface area contributed by atoms with Crippen molar-refractivity contribution in [3.63, 3.8) is 0 Å². The van der Waals surface area contributed by atoms with Gasteiger partial charge in [0.15, 0.2) is 0 Å². The van der Waals surface area contributed by atoms with Crippen molar-refractivity contribution in [3.8, 4) is 5.75 Å².